The Morgan fingerprint density at radius 1 is 1.50 bits per heavy atom. The van der Waals surface area contributed by atoms with Crippen LogP contribution in [0.3, 0.4) is 0 Å². The van der Waals surface area contributed by atoms with Crippen molar-refractivity contribution in [2.45, 2.75) is 20.4 Å². The van der Waals surface area contributed by atoms with Crippen LogP contribution in [0.5, 0.6) is 0 Å². The van der Waals surface area contributed by atoms with Crippen molar-refractivity contribution in [2.75, 3.05) is 13.2 Å². The highest BCUT2D eigenvalue weighted by molar-refractivity contribution is 5.20. The van der Waals surface area contributed by atoms with Gasteiger partial charge in [0.1, 0.15) is 0 Å². The summed E-state index contributed by atoms with van der Waals surface area (Å²) in [6, 6.07) is 0. The first kappa shape index (κ1) is 14.1. The monoisotopic (exact) mass is 257 g/mol. The third kappa shape index (κ3) is 3.81. The standard InChI is InChI=1S/C10H15N3O5/c1-7(2)6-18-4-3-12-5-8(13(16)17)9(14)11-10(12)15/h5,7H,3-4,6H2,1-2H3,(H,11,14,15). The Morgan fingerprint density at radius 3 is 2.72 bits per heavy atom. The maximum absolute atomic E-state index is 11.4. The van der Waals surface area contributed by atoms with Gasteiger partial charge in [-0.3, -0.25) is 24.5 Å². The second-order valence-corrected chi connectivity index (χ2v) is 4.19. The Balaban J connectivity index is 2.77. The molecule has 0 atom stereocenters. The fourth-order valence-electron chi connectivity index (χ4n) is 1.28. The van der Waals surface area contributed by atoms with Gasteiger partial charge in [0.2, 0.25) is 0 Å². The van der Waals surface area contributed by atoms with E-state index in [1.165, 1.54) is 0 Å². The van der Waals surface area contributed by atoms with Crippen molar-refractivity contribution in [3.63, 3.8) is 0 Å². The molecule has 0 unspecified atom stereocenters. The molecule has 18 heavy (non-hydrogen) atoms. The lowest BCUT2D eigenvalue weighted by molar-refractivity contribution is -0.386. The van der Waals surface area contributed by atoms with E-state index in [-0.39, 0.29) is 13.2 Å². The van der Waals surface area contributed by atoms with Crippen LogP contribution in [0.25, 0.3) is 0 Å². The van der Waals surface area contributed by atoms with Gasteiger partial charge >= 0.3 is 16.9 Å². The molecule has 0 saturated heterocycles. The molecule has 0 aromatic carbocycles. The predicted octanol–water partition coefficient (Wildman–Crippen LogP) is 0.117. The molecule has 0 radical (unpaired) electrons. The first-order valence-corrected chi connectivity index (χ1v) is 5.47. The Kier molecular flexibility index (Phi) is 4.78. The quantitative estimate of drug-likeness (QED) is 0.442. The second kappa shape index (κ2) is 6.10. The lowest BCUT2D eigenvalue weighted by Crippen LogP contribution is -2.31. The highest BCUT2D eigenvalue weighted by Gasteiger charge is 2.14. The van der Waals surface area contributed by atoms with Gasteiger partial charge in [0.15, 0.2) is 0 Å². The largest absolute Gasteiger partial charge is 0.379 e. The second-order valence-electron chi connectivity index (χ2n) is 4.19. The summed E-state index contributed by atoms with van der Waals surface area (Å²) < 4.78 is 6.32. The van der Waals surface area contributed by atoms with Crippen LogP contribution >= 0.6 is 0 Å². The summed E-state index contributed by atoms with van der Waals surface area (Å²) in [6.45, 7) is 4.92. The van der Waals surface area contributed by atoms with Crippen LogP contribution in [0.1, 0.15) is 13.8 Å². The maximum Gasteiger partial charge on any atom is 0.350 e. The molecule has 1 rings (SSSR count). The minimum atomic E-state index is -0.996. The molecule has 100 valence electrons. The number of ether oxygens (including phenoxy) is 1. The van der Waals surface area contributed by atoms with Crippen molar-refractivity contribution in [3.8, 4) is 0 Å². The number of hydrogen-bond donors (Lipinski definition) is 1. The summed E-state index contributed by atoms with van der Waals surface area (Å²) in [5.74, 6) is 0.367. The summed E-state index contributed by atoms with van der Waals surface area (Å²) in [5, 5.41) is 10.5. The number of hydrogen-bond acceptors (Lipinski definition) is 5. The fourth-order valence-corrected chi connectivity index (χ4v) is 1.28. The molecule has 0 amide bonds. The number of rotatable bonds is 6. The molecule has 1 aromatic rings. The third-order valence-electron chi connectivity index (χ3n) is 2.12. The molecule has 0 bridgehead atoms. The Morgan fingerprint density at radius 2 is 2.17 bits per heavy atom. The van der Waals surface area contributed by atoms with E-state index in [0.29, 0.717) is 12.5 Å². The molecule has 0 spiro atoms. The van der Waals surface area contributed by atoms with Crippen LogP contribution in [0.2, 0.25) is 0 Å². The van der Waals surface area contributed by atoms with Gasteiger partial charge < -0.3 is 4.74 Å². The van der Waals surface area contributed by atoms with E-state index in [0.717, 1.165) is 10.8 Å². The third-order valence-corrected chi connectivity index (χ3v) is 2.12. The number of aromatic nitrogens is 2. The van der Waals surface area contributed by atoms with Crippen LogP contribution in [0.4, 0.5) is 5.69 Å². The molecular weight excluding hydrogens is 242 g/mol. The summed E-state index contributed by atoms with van der Waals surface area (Å²) in [6.07, 6.45) is 0.930. The van der Waals surface area contributed by atoms with Gasteiger partial charge in [-0.05, 0) is 5.92 Å². The summed E-state index contributed by atoms with van der Waals surface area (Å²) in [4.78, 5) is 34.1. The van der Waals surface area contributed by atoms with Crippen molar-refractivity contribution in [2.24, 2.45) is 5.92 Å². The molecule has 8 heteroatoms. The minimum absolute atomic E-state index is 0.156. The Labute approximate surface area is 102 Å². The van der Waals surface area contributed by atoms with Gasteiger partial charge in [-0.2, -0.15) is 0 Å². The van der Waals surface area contributed by atoms with Crippen LogP contribution in [0.15, 0.2) is 15.8 Å². The predicted molar refractivity (Wildman–Crippen MR) is 63.6 cm³/mol. The van der Waals surface area contributed by atoms with E-state index < -0.39 is 21.9 Å². The highest BCUT2D eigenvalue weighted by atomic mass is 16.6. The Bertz CT molecular complexity index is 531. The first-order valence-electron chi connectivity index (χ1n) is 5.47. The number of H-pyrrole nitrogens is 1. The zero-order valence-electron chi connectivity index (χ0n) is 10.2. The molecule has 8 nitrogen and oxygen atoms in total. The fraction of sp³-hybridized carbons (Fsp3) is 0.600. The minimum Gasteiger partial charge on any atom is -0.379 e. The van der Waals surface area contributed by atoms with Gasteiger partial charge in [0.05, 0.1) is 24.3 Å². The number of aromatic amines is 1. The lowest BCUT2D eigenvalue weighted by Gasteiger charge is -2.07. The first-order chi connectivity index (χ1) is 8.41. The van der Waals surface area contributed by atoms with Crippen molar-refractivity contribution in [3.05, 3.63) is 37.1 Å². The number of nitrogens with zero attached hydrogens (tertiary/aromatic N) is 2. The van der Waals surface area contributed by atoms with Crippen LogP contribution in [-0.4, -0.2) is 27.7 Å². The molecule has 1 N–H and O–H groups in total. The summed E-state index contributed by atoms with van der Waals surface area (Å²) in [5.41, 5.74) is -2.33. The van der Waals surface area contributed by atoms with Crippen molar-refractivity contribution in [1.82, 2.24) is 9.55 Å². The van der Waals surface area contributed by atoms with Gasteiger partial charge in [0.25, 0.3) is 0 Å². The van der Waals surface area contributed by atoms with Crippen molar-refractivity contribution in [1.29, 1.82) is 0 Å². The maximum atomic E-state index is 11.4. The Hall–Kier alpha value is -1.96. The summed E-state index contributed by atoms with van der Waals surface area (Å²) in [7, 11) is 0. The van der Waals surface area contributed by atoms with E-state index in [1.807, 2.05) is 18.8 Å². The van der Waals surface area contributed by atoms with E-state index in [2.05, 4.69) is 0 Å². The molecule has 0 aliphatic carbocycles. The SMILES string of the molecule is CC(C)COCCn1cc([N+](=O)[O-])c(=O)[nH]c1=O. The van der Waals surface area contributed by atoms with Gasteiger partial charge in [-0.1, -0.05) is 13.8 Å². The zero-order chi connectivity index (χ0) is 13.7. The zero-order valence-corrected chi connectivity index (χ0v) is 10.2. The molecule has 0 fully saturated rings. The molecular formula is C10H15N3O5. The van der Waals surface area contributed by atoms with Gasteiger partial charge in [0, 0.05) is 6.61 Å². The molecule has 0 saturated carbocycles. The lowest BCUT2D eigenvalue weighted by atomic mass is 10.2. The highest BCUT2D eigenvalue weighted by Crippen LogP contribution is 1.99. The smallest absolute Gasteiger partial charge is 0.350 e. The average molecular weight is 257 g/mol. The molecule has 1 aromatic heterocycles. The van der Waals surface area contributed by atoms with E-state index >= 15 is 0 Å². The van der Waals surface area contributed by atoms with Gasteiger partial charge in [-0.15, -0.1) is 0 Å². The summed E-state index contributed by atoms with van der Waals surface area (Å²) >= 11 is 0. The van der Waals surface area contributed by atoms with Crippen LogP contribution in [0, 0.1) is 16.0 Å². The van der Waals surface area contributed by atoms with Crippen molar-refractivity contribution >= 4 is 5.69 Å². The van der Waals surface area contributed by atoms with E-state index in [1.54, 1.807) is 0 Å². The van der Waals surface area contributed by atoms with Crippen LogP contribution < -0.4 is 11.2 Å². The molecule has 0 aliphatic rings. The molecule has 1 heterocycles. The van der Waals surface area contributed by atoms with E-state index in [9.17, 15) is 19.7 Å². The van der Waals surface area contributed by atoms with Crippen molar-refractivity contribution < 1.29 is 9.66 Å². The number of nitro groups is 1. The number of nitrogens with one attached hydrogen (secondary N) is 1. The average Bonchev–Trinajstić information content (AvgIpc) is 2.25. The van der Waals surface area contributed by atoms with Gasteiger partial charge in [-0.25, -0.2) is 4.79 Å². The van der Waals surface area contributed by atoms with E-state index in [4.69, 9.17) is 4.74 Å². The van der Waals surface area contributed by atoms with Crippen LogP contribution in [-0.2, 0) is 11.3 Å². The molecule has 0 aliphatic heterocycles. The normalized spacial score (nSPS) is 10.8. The topological polar surface area (TPSA) is 107 Å².